The molecule has 0 atom stereocenters. The maximum atomic E-state index is 12.6. The minimum absolute atomic E-state index is 0.0551. The third kappa shape index (κ3) is 6.04. The van der Waals surface area contributed by atoms with E-state index in [-0.39, 0.29) is 11.9 Å². The highest BCUT2D eigenvalue weighted by Gasteiger charge is 2.21. The summed E-state index contributed by atoms with van der Waals surface area (Å²) >= 11 is 0. The van der Waals surface area contributed by atoms with Gasteiger partial charge in [-0.15, -0.1) is 0 Å². The Balaban J connectivity index is 1.19. The molecule has 164 valence electrons. The SMILES string of the molecule is O=C(CCc1ccc(NC(=O)N2CCN(Cc3ccncc3)CC2)cc1)N1CCCC1. The Morgan fingerprint density at radius 2 is 1.48 bits per heavy atom. The lowest BCUT2D eigenvalue weighted by Gasteiger charge is -2.34. The van der Waals surface area contributed by atoms with E-state index < -0.39 is 0 Å². The number of urea groups is 1. The molecule has 31 heavy (non-hydrogen) atoms. The Hall–Kier alpha value is -2.93. The topological polar surface area (TPSA) is 68.8 Å². The van der Waals surface area contributed by atoms with Gasteiger partial charge in [-0.2, -0.15) is 0 Å². The molecule has 0 aliphatic carbocycles. The van der Waals surface area contributed by atoms with Crippen molar-refractivity contribution in [2.24, 2.45) is 0 Å². The lowest BCUT2D eigenvalue weighted by molar-refractivity contribution is -0.130. The highest BCUT2D eigenvalue weighted by Crippen LogP contribution is 2.15. The van der Waals surface area contributed by atoms with Crippen LogP contribution >= 0.6 is 0 Å². The second-order valence-corrected chi connectivity index (χ2v) is 8.33. The van der Waals surface area contributed by atoms with E-state index in [0.717, 1.165) is 63.2 Å². The molecule has 7 nitrogen and oxygen atoms in total. The van der Waals surface area contributed by atoms with Crippen LogP contribution in [0.4, 0.5) is 10.5 Å². The highest BCUT2D eigenvalue weighted by atomic mass is 16.2. The summed E-state index contributed by atoms with van der Waals surface area (Å²) < 4.78 is 0. The summed E-state index contributed by atoms with van der Waals surface area (Å²) in [4.78, 5) is 35.1. The monoisotopic (exact) mass is 421 g/mol. The van der Waals surface area contributed by atoms with Crippen molar-refractivity contribution in [3.05, 3.63) is 59.9 Å². The average Bonchev–Trinajstić information content (AvgIpc) is 3.35. The van der Waals surface area contributed by atoms with Crippen molar-refractivity contribution in [2.45, 2.75) is 32.2 Å². The van der Waals surface area contributed by atoms with Gasteiger partial charge in [0.05, 0.1) is 0 Å². The standard InChI is InChI=1S/C24H31N5O2/c30-23(28-13-1-2-14-28)8-5-20-3-6-22(7-4-20)26-24(31)29-17-15-27(16-18-29)19-21-9-11-25-12-10-21/h3-4,6-7,9-12H,1-2,5,8,13-19H2,(H,26,31). The first-order chi connectivity index (χ1) is 15.2. The second kappa shape index (κ2) is 10.4. The zero-order valence-electron chi connectivity index (χ0n) is 18.0. The fraction of sp³-hybridized carbons (Fsp3) is 0.458. The number of aromatic nitrogens is 1. The van der Waals surface area contributed by atoms with Crippen LogP contribution in [0.25, 0.3) is 0 Å². The smallest absolute Gasteiger partial charge is 0.321 e. The molecule has 2 fully saturated rings. The van der Waals surface area contributed by atoms with Gasteiger partial charge in [0, 0.05) is 70.3 Å². The highest BCUT2D eigenvalue weighted by molar-refractivity contribution is 5.89. The Labute approximate surface area is 184 Å². The van der Waals surface area contributed by atoms with Gasteiger partial charge in [0.1, 0.15) is 0 Å². The van der Waals surface area contributed by atoms with Gasteiger partial charge in [-0.25, -0.2) is 4.79 Å². The van der Waals surface area contributed by atoms with Gasteiger partial charge in [0.15, 0.2) is 0 Å². The first-order valence-electron chi connectivity index (χ1n) is 11.2. The number of aryl methyl sites for hydroxylation is 1. The molecule has 0 saturated carbocycles. The molecule has 1 aromatic carbocycles. The first-order valence-corrected chi connectivity index (χ1v) is 11.2. The van der Waals surface area contributed by atoms with E-state index >= 15 is 0 Å². The maximum Gasteiger partial charge on any atom is 0.321 e. The number of likely N-dealkylation sites (tertiary alicyclic amines) is 1. The second-order valence-electron chi connectivity index (χ2n) is 8.33. The van der Waals surface area contributed by atoms with Crippen molar-refractivity contribution in [1.29, 1.82) is 0 Å². The summed E-state index contributed by atoms with van der Waals surface area (Å²) in [5.74, 6) is 0.248. The zero-order valence-corrected chi connectivity index (χ0v) is 18.0. The molecule has 1 aromatic heterocycles. The summed E-state index contributed by atoms with van der Waals surface area (Å²) in [7, 11) is 0. The fourth-order valence-corrected chi connectivity index (χ4v) is 4.19. The van der Waals surface area contributed by atoms with E-state index in [9.17, 15) is 9.59 Å². The van der Waals surface area contributed by atoms with Crippen molar-refractivity contribution in [2.75, 3.05) is 44.6 Å². The number of piperazine rings is 1. The Morgan fingerprint density at radius 1 is 0.806 bits per heavy atom. The van der Waals surface area contributed by atoms with Crippen LogP contribution in [-0.4, -0.2) is 70.9 Å². The molecule has 3 heterocycles. The largest absolute Gasteiger partial charge is 0.343 e. The van der Waals surface area contributed by atoms with Gasteiger partial charge in [-0.05, 0) is 54.7 Å². The third-order valence-electron chi connectivity index (χ3n) is 6.11. The number of carbonyl (C=O) groups excluding carboxylic acids is 2. The number of pyridine rings is 1. The van der Waals surface area contributed by atoms with E-state index in [2.05, 4.69) is 15.2 Å². The molecular weight excluding hydrogens is 390 g/mol. The van der Waals surface area contributed by atoms with Crippen LogP contribution in [0.2, 0.25) is 0 Å². The normalized spacial score (nSPS) is 17.0. The zero-order chi connectivity index (χ0) is 21.5. The predicted molar refractivity (Wildman–Crippen MR) is 121 cm³/mol. The summed E-state index contributed by atoms with van der Waals surface area (Å²) in [5, 5.41) is 3.00. The van der Waals surface area contributed by atoms with E-state index in [0.29, 0.717) is 19.5 Å². The first kappa shape index (κ1) is 21.3. The van der Waals surface area contributed by atoms with Gasteiger partial charge in [0.2, 0.25) is 5.91 Å². The molecule has 2 aromatic rings. The fourth-order valence-electron chi connectivity index (χ4n) is 4.19. The molecule has 0 spiro atoms. The van der Waals surface area contributed by atoms with Gasteiger partial charge < -0.3 is 15.1 Å². The molecule has 0 radical (unpaired) electrons. The van der Waals surface area contributed by atoms with Crippen molar-refractivity contribution < 1.29 is 9.59 Å². The number of nitrogens with one attached hydrogen (secondary N) is 1. The third-order valence-corrected chi connectivity index (χ3v) is 6.11. The number of hydrogen-bond donors (Lipinski definition) is 1. The molecule has 7 heteroatoms. The molecule has 2 aliphatic heterocycles. The molecule has 2 aliphatic rings. The number of benzene rings is 1. The number of carbonyl (C=O) groups is 2. The van der Waals surface area contributed by atoms with Crippen LogP contribution < -0.4 is 5.32 Å². The summed E-state index contributed by atoms with van der Waals surface area (Å²) in [5.41, 5.74) is 3.16. The van der Waals surface area contributed by atoms with E-state index in [4.69, 9.17) is 0 Å². The number of anilines is 1. The van der Waals surface area contributed by atoms with Crippen LogP contribution in [0.15, 0.2) is 48.8 Å². The van der Waals surface area contributed by atoms with Crippen LogP contribution in [-0.2, 0) is 17.8 Å². The van der Waals surface area contributed by atoms with Gasteiger partial charge in [0.25, 0.3) is 0 Å². The minimum Gasteiger partial charge on any atom is -0.343 e. The molecule has 2 saturated heterocycles. The van der Waals surface area contributed by atoms with Crippen LogP contribution in [0, 0.1) is 0 Å². The van der Waals surface area contributed by atoms with Crippen molar-refractivity contribution >= 4 is 17.6 Å². The lowest BCUT2D eigenvalue weighted by Crippen LogP contribution is -2.49. The molecule has 3 amide bonds. The molecule has 1 N–H and O–H groups in total. The average molecular weight is 422 g/mol. The Morgan fingerprint density at radius 3 is 2.16 bits per heavy atom. The summed E-state index contributed by atoms with van der Waals surface area (Å²) in [6.45, 7) is 5.85. The van der Waals surface area contributed by atoms with Crippen LogP contribution in [0.1, 0.15) is 30.4 Å². The molecule has 4 rings (SSSR count). The van der Waals surface area contributed by atoms with E-state index in [1.807, 2.05) is 58.6 Å². The number of rotatable bonds is 6. The number of nitrogens with zero attached hydrogens (tertiary/aromatic N) is 4. The van der Waals surface area contributed by atoms with Crippen molar-refractivity contribution in [3.63, 3.8) is 0 Å². The van der Waals surface area contributed by atoms with Gasteiger partial charge >= 0.3 is 6.03 Å². The van der Waals surface area contributed by atoms with Crippen LogP contribution in [0.5, 0.6) is 0 Å². The molecule has 0 unspecified atom stereocenters. The Kier molecular flexibility index (Phi) is 7.14. The number of amides is 3. The summed E-state index contributed by atoms with van der Waals surface area (Å²) in [6.07, 6.45) is 7.17. The predicted octanol–water partition coefficient (Wildman–Crippen LogP) is 2.99. The summed E-state index contributed by atoms with van der Waals surface area (Å²) in [6, 6.07) is 11.9. The maximum absolute atomic E-state index is 12.6. The Bertz CT molecular complexity index is 857. The van der Waals surface area contributed by atoms with Gasteiger partial charge in [-0.1, -0.05) is 12.1 Å². The lowest BCUT2D eigenvalue weighted by atomic mass is 10.1. The minimum atomic E-state index is -0.0551. The number of hydrogen-bond acceptors (Lipinski definition) is 4. The quantitative estimate of drug-likeness (QED) is 0.779. The van der Waals surface area contributed by atoms with E-state index in [1.165, 1.54) is 5.56 Å². The van der Waals surface area contributed by atoms with Crippen molar-refractivity contribution in [1.82, 2.24) is 19.7 Å². The molecule has 0 bridgehead atoms. The van der Waals surface area contributed by atoms with E-state index in [1.54, 1.807) is 0 Å². The molecular formula is C24H31N5O2. The van der Waals surface area contributed by atoms with Crippen molar-refractivity contribution in [3.8, 4) is 0 Å². The van der Waals surface area contributed by atoms with Gasteiger partial charge in [-0.3, -0.25) is 14.7 Å². The van der Waals surface area contributed by atoms with Crippen LogP contribution in [0.3, 0.4) is 0 Å².